The van der Waals surface area contributed by atoms with Gasteiger partial charge in [-0.25, -0.2) is 4.79 Å². The molecule has 1 atom stereocenters. The number of methoxy groups -OCH3 is 2. The Labute approximate surface area is 140 Å². The second kappa shape index (κ2) is 7.75. The molecule has 0 saturated carbocycles. The van der Waals surface area contributed by atoms with Gasteiger partial charge in [-0.3, -0.25) is 4.70 Å². The van der Waals surface area contributed by atoms with Crippen LogP contribution in [0.5, 0.6) is 5.75 Å². The van der Waals surface area contributed by atoms with Crippen molar-refractivity contribution in [3.05, 3.63) is 70.8 Å². The third-order valence-corrected chi connectivity index (χ3v) is 4.02. The highest BCUT2D eigenvalue weighted by Crippen LogP contribution is 2.30. The van der Waals surface area contributed by atoms with Crippen LogP contribution in [-0.2, 0) is 16.1 Å². The molecule has 3 rings (SSSR count). The van der Waals surface area contributed by atoms with Crippen molar-refractivity contribution in [1.29, 1.82) is 0 Å². The summed E-state index contributed by atoms with van der Waals surface area (Å²) in [6, 6.07) is 15.5. The van der Waals surface area contributed by atoms with Crippen LogP contribution in [0.2, 0.25) is 0 Å². The fourth-order valence-electron chi connectivity index (χ4n) is 2.81. The first-order valence-electron chi connectivity index (χ1n) is 7.48. The summed E-state index contributed by atoms with van der Waals surface area (Å²) < 4.78 is 10.3. The summed E-state index contributed by atoms with van der Waals surface area (Å²) in [4.78, 5) is 12.3. The molecule has 1 N–H and O–H groups in total. The fraction of sp³-hybridized carbons (Fsp3) is 0.211. The van der Waals surface area contributed by atoms with Gasteiger partial charge in [-0.2, -0.15) is 0 Å². The fourth-order valence-corrected chi connectivity index (χ4v) is 2.81. The van der Waals surface area contributed by atoms with E-state index in [4.69, 9.17) is 9.47 Å². The number of halogens is 1. The van der Waals surface area contributed by atoms with Crippen LogP contribution in [0.4, 0.5) is 4.70 Å². The molecule has 0 aromatic heterocycles. The lowest BCUT2D eigenvalue weighted by Gasteiger charge is -2.19. The molecule has 24 heavy (non-hydrogen) atoms. The minimum atomic E-state index is -0.324. The lowest BCUT2D eigenvalue weighted by Crippen LogP contribution is -2.25. The molecule has 1 aliphatic rings. The van der Waals surface area contributed by atoms with Crippen LogP contribution >= 0.6 is 0 Å². The van der Waals surface area contributed by atoms with Crippen molar-refractivity contribution in [3.8, 4) is 5.75 Å². The van der Waals surface area contributed by atoms with E-state index in [1.165, 1.54) is 7.11 Å². The smallest absolute Gasteiger partial charge is 0.335 e. The maximum atomic E-state index is 12.3. The van der Waals surface area contributed by atoms with Gasteiger partial charge in [-0.1, -0.05) is 36.4 Å². The van der Waals surface area contributed by atoms with E-state index in [9.17, 15) is 4.79 Å². The zero-order valence-electron chi connectivity index (χ0n) is 13.6. The standard InChI is InChI=1S/C19H19NO3.FH/c1-22-16-9-8-14-11-17(19(21)23-2)18(20-12-15(14)10-16)13-6-4-3-5-7-13;/h3-11,18,20H,12H2,1-2H3;1H. The molecule has 0 aliphatic carbocycles. The molecular weight excluding hydrogens is 309 g/mol. The third-order valence-electron chi connectivity index (χ3n) is 4.02. The topological polar surface area (TPSA) is 47.6 Å². The maximum Gasteiger partial charge on any atom is 0.335 e. The minimum Gasteiger partial charge on any atom is -0.497 e. The molecule has 4 nitrogen and oxygen atoms in total. The van der Waals surface area contributed by atoms with Gasteiger partial charge in [0.2, 0.25) is 0 Å². The van der Waals surface area contributed by atoms with Crippen molar-refractivity contribution in [3.63, 3.8) is 0 Å². The lowest BCUT2D eigenvalue weighted by atomic mass is 9.97. The van der Waals surface area contributed by atoms with Crippen molar-refractivity contribution in [2.75, 3.05) is 14.2 Å². The van der Waals surface area contributed by atoms with Crippen LogP contribution in [-0.4, -0.2) is 20.2 Å². The van der Waals surface area contributed by atoms with E-state index in [0.29, 0.717) is 12.1 Å². The van der Waals surface area contributed by atoms with Gasteiger partial charge in [0, 0.05) is 6.54 Å². The van der Waals surface area contributed by atoms with Crippen LogP contribution in [0.15, 0.2) is 54.1 Å². The number of carbonyl (C=O) groups excluding carboxylic acids is 1. The van der Waals surface area contributed by atoms with E-state index in [-0.39, 0.29) is 16.7 Å². The molecule has 5 heteroatoms. The van der Waals surface area contributed by atoms with Crippen LogP contribution in [0.1, 0.15) is 22.7 Å². The average Bonchev–Trinajstić information content (AvgIpc) is 2.80. The van der Waals surface area contributed by atoms with Crippen LogP contribution < -0.4 is 10.1 Å². The van der Waals surface area contributed by atoms with Crippen LogP contribution in [0, 0.1) is 0 Å². The van der Waals surface area contributed by atoms with Crippen molar-refractivity contribution in [1.82, 2.24) is 5.32 Å². The number of nitrogens with one attached hydrogen (secondary N) is 1. The predicted molar refractivity (Wildman–Crippen MR) is 91.5 cm³/mol. The monoisotopic (exact) mass is 329 g/mol. The summed E-state index contributed by atoms with van der Waals surface area (Å²) in [6.07, 6.45) is 1.90. The van der Waals surface area contributed by atoms with E-state index < -0.39 is 0 Å². The summed E-state index contributed by atoms with van der Waals surface area (Å²) in [5.74, 6) is 0.478. The van der Waals surface area contributed by atoms with Gasteiger partial charge in [0.1, 0.15) is 5.75 Å². The van der Waals surface area contributed by atoms with E-state index in [1.807, 2.05) is 54.6 Å². The van der Waals surface area contributed by atoms with Gasteiger partial charge in [0.25, 0.3) is 0 Å². The summed E-state index contributed by atoms with van der Waals surface area (Å²) in [5.41, 5.74) is 3.72. The van der Waals surface area contributed by atoms with Crippen molar-refractivity contribution < 1.29 is 19.0 Å². The number of hydrogen-bond donors (Lipinski definition) is 1. The first-order valence-corrected chi connectivity index (χ1v) is 7.48. The molecular formula is C19H20FNO3. The second-order valence-corrected chi connectivity index (χ2v) is 5.38. The molecule has 1 heterocycles. The predicted octanol–water partition coefficient (Wildman–Crippen LogP) is 3.25. The van der Waals surface area contributed by atoms with Crippen molar-refractivity contribution in [2.45, 2.75) is 12.6 Å². The molecule has 0 spiro atoms. The van der Waals surface area contributed by atoms with Gasteiger partial charge in [-0.05, 0) is 34.9 Å². The van der Waals surface area contributed by atoms with Gasteiger partial charge in [0.15, 0.2) is 0 Å². The Hall–Kier alpha value is -2.66. The molecule has 0 fully saturated rings. The lowest BCUT2D eigenvalue weighted by molar-refractivity contribution is -0.136. The Bertz CT molecular complexity index is 744. The first-order chi connectivity index (χ1) is 11.2. The zero-order chi connectivity index (χ0) is 16.2. The number of rotatable bonds is 3. The van der Waals surface area contributed by atoms with Gasteiger partial charge in [-0.15, -0.1) is 0 Å². The molecule has 126 valence electrons. The number of benzene rings is 2. The van der Waals surface area contributed by atoms with E-state index in [2.05, 4.69) is 5.32 Å². The Morgan fingerprint density at radius 1 is 1.12 bits per heavy atom. The average molecular weight is 329 g/mol. The maximum absolute atomic E-state index is 12.3. The molecule has 0 bridgehead atoms. The quantitative estimate of drug-likeness (QED) is 0.878. The molecule has 1 unspecified atom stereocenters. The summed E-state index contributed by atoms with van der Waals surface area (Å²) in [6.45, 7) is 0.642. The van der Waals surface area contributed by atoms with Crippen molar-refractivity contribution in [2.24, 2.45) is 0 Å². The largest absolute Gasteiger partial charge is 0.497 e. The number of esters is 1. The number of fused-ring (bicyclic) bond motifs is 1. The number of carbonyl (C=O) groups is 1. The summed E-state index contributed by atoms with van der Waals surface area (Å²) >= 11 is 0. The summed E-state index contributed by atoms with van der Waals surface area (Å²) in [7, 11) is 3.05. The van der Waals surface area contributed by atoms with Crippen LogP contribution in [0.25, 0.3) is 6.08 Å². The Kier molecular flexibility index (Phi) is 5.71. The van der Waals surface area contributed by atoms with E-state index in [1.54, 1.807) is 7.11 Å². The molecule has 0 amide bonds. The molecule has 0 radical (unpaired) electrons. The summed E-state index contributed by atoms with van der Waals surface area (Å²) in [5, 5.41) is 3.45. The minimum absolute atomic E-state index is 0. The van der Waals surface area contributed by atoms with Gasteiger partial charge < -0.3 is 14.8 Å². The van der Waals surface area contributed by atoms with Gasteiger partial charge >= 0.3 is 5.97 Å². The zero-order valence-corrected chi connectivity index (χ0v) is 13.6. The third kappa shape index (κ3) is 3.46. The van der Waals surface area contributed by atoms with Crippen molar-refractivity contribution >= 4 is 12.0 Å². The highest BCUT2D eigenvalue weighted by molar-refractivity contribution is 5.95. The Morgan fingerprint density at radius 2 is 1.88 bits per heavy atom. The molecule has 1 aliphatic heterocycles. The first kappa shape index (κ1) is 17.7. The number of hydrogen-bond acceptors (Lipinski definition) is 4. The highest BCUT2D eigenvalue weighted by Gasteiger charge is 2.26. The van der Waals surface area contributed by atoms with E-state index in [0.717, 1.165) is 22.4 Å². The SMILES string of the molecule is COC(=O)C1=Cc2ccc(OC)cc2CNC1c1ccccc1.F. The van der Waals surface area contributed by atoms with Crippen LogP contribution in [0.3, 0.4) is 0 Å². The Morgan fingerprint density at radius 3 is 2.54 bits per heavy atom. The van der Waals surface area contributed by atoms with Gasteiger partial charge in [0.05, 0.1) is 25.8 Å². The number of ether oxygens (including phenoxy) is 2. The highest BCUT2D eigenvalue weighted by atomic mass is 19.0. The molecule has 2 aromatic carbocycles. The normalized spacial score (nSPS) is 16.1. The van der Waals surface area contributed by atoms with E-state index >= 15 is 0 Å². The Balaban J connectivity index is 0.00000208. The second-order valence-electron chi connectivity index (χ2n) is 5.38. The molecule has 2 aromatic rings. The molecule has 0 saturated heterocycles.